The zero-order valence-electron chi connectivity index (χ0n) is 14.0. The zero-order chi connectivity index (χ0) is 18.1. The minimum absolute atomic E-state index is 0.00462. The summed E-state index contributed by atoms with van der Waals surface area (Å²) in [5.41, 5.74) is 0.816. The van der Waals surface area contributed by atoms with Gasteiger partial charge in [-0.25, -0.2) is 4.98 Å². The summed E-state index contributed by atoms with van der Waals surface area (Å²) < 4.78 is 40.9. The van der Waals surface area contributed by atoms with E-state index in [0.717, 1.165) is 42.8 Å². The first kappa shape index (κ1) is 17.0. The maximum absolute atomic E-state index is 13.4. The van der Waals surface area contributed by atoms with Crippen LogP contribution in [0.3, 0.4) is 0 Å². The molecule has 5 nitrogen and oxygen atoms in total. The third-order valence-corrected chi connectivity index (χ3v) is 4.73. The molecular formula is C18H18F3N5. The standard InChI is InChI=1S/C18H18F3N5/c19-18(20,21)16-9-15(24-17-22-12-23-26(16)17)14-7-4-8-25(11-14)10-13-5-2-1-3-6-13/h1-3,5-6,9,12,14H,4,7-8,10-11H2. The average molecular weight is 361 g/mol. The predicted octanol–water partition coefficient (Wildman–Crippen LogP) is 3.52. The molecule has 0 saturated carbocycles. The lowest BCUT2D eigenvalue weighted by Gasteiger charge is -2.32. The minimum Gasteiger partial charge on any atom is -0.298 e. The molecule has 0 aliphatic carbocycles. The quantitative estimate of drug-likeness (QED) is 0.716. The van der Waals surface area contributed by atoms with Crippen molar-refractivity contribution < 1.29 is 13.2 Å². The second kappa shape index (κ2) is 6.68. The molecule has 1 aromatic carbocycles. The summed E-state index contributed by atoms with van der Waals surface area (Å²) in [6, 6.07) is 11.2. The number of hydrogen-bond acceptors (Lipinski definition) is 4. The van der Waals surface area contributed by atoms with Crippen molar-refractivity contribution in [1.29, 1.82) is 0 Å². The van der Waals surface area contributed by atoms with Crippen LogP contribution in [-0.4, -0.2) is 37.6 Å². The topological polar surface area (TPSA) is 46.3 Å². The highest BCUT2D eigenvalue weighted by Crippen LogP contribution is 2.33. The third kappa shape index (κ3) is 3.41. The van der Waals surface area contributed by atoms with Crippen LogP contribution in [0.4, 0.5) is 13.2 Å². The van der Waals surface area contributed by atoms with Crippen LogP contribution < -0.4 is 0 Å². The zero-order valence-corrected chi connectivity index (χ0v) is 14.0. The number of aromatic nitrogens is 4. The van der Waals surface area contributed by atoms with Crippen LogP contribution in [0.15, 0.2) is 42.7 Å². The van der Waals surface area contributed by atoms with Crippen LogP contribution in [0, 0.1) is 0 Å². The maximum atomic E-state index is 13.4. The normalized spacial score (nSPS) is 19.1. The van der Waals surface area contributed by atoms with E-state index in [1.54, 1.807) is 0 Å². The van der Waals surface area contributed by atoms with E-state index >= 15 is 0 Å². The summed E-state index contributed by atoms with van der Waals surface area (Å²) >= 11 is 0. The van der Waals surface area contributed by atoms with Crippen LogP contribution in [-0.2, 0) is 12.7 Å². The summed E-state index contributed by atoms with van der Waals surface area (Å²) in [7, 11) is 0. The summed E-state index contributed by atoms with van der Waals surface area (Å²) in [5, 5.41) is 3.65. The summed E-state index contributed by atoms with van der Waals surface area (Å²) in [6.45, 7) is 2.41. The molecule has 1 aliphatic heterocycles. The summed E-state index contributed by atoms with van der Waals surface area (Å²) in [5.74, 6) is -0.0507. The van der Waals surface area contributed by atoms with Gasteiger partial charge in [-0.3, -0.25) is 4.90 Å². The molecule has 3 heterocycles. The highest BCUT2D eigenvalue weighted by molar-refractivity contribution is 5.33. The van der Waals surface area contributed by atoms with Gasteiger partial charge in [-0.15, -0.1) is 0 Å². The Morgan fingerprint density at radius 2 is 1.96 bits per heavy atom. The van der Waals surface area contributed by atoms with Crippen molar-refractivity contribution in [2.75, 3.05) is 13.1 Å². The van der Waals surface area contributed by atoms with Crippen LogP contribution in [0.5, 0.6) is 0 Å². The van der Waals surface area contributed by atoms with Crippen LogP contribution in [0.25, 0.3) is 5.78 Å². The van der Waals surface area contributed by atoms with Crippen molar-refractivity contribution in [3.05, 3.63) is 59.7 Å². The Hall–Kier alpha value is -2.48. The Kier molecular flexibility index (Phi) is 4.36. The average Bonchev–Trinajstić information content (AvgIpc) is 3.09. The summed E-state index contributed by atoms with van der Waals surface area (Å²) in [4.78, 5) is 10.5. The van der Waals surface area contributed by atoms with Crippen molar-refractivity contribution in [1.82, 2.24) is 24.5 Å². The van der Waals surface area contributed by atoms with E-state index in [0.29, 0.717) is 12.2 Å². The maximum Gasteiger partial charge on any atom is 0.433 e. The molecule has 26 heavy (non-hydrogen) atoms. The van der Waals surface area contributed by atoms with Crippen molar-refractivity contribution in [2.24, 2.45) is 0 Å². The van der Waals surface area contributed by atoms with E-state index in [2.05, 4.69) is 32.1 Å². The first-order valence-corrected chi connectivity index (χ1v) is 8.55. The smallest absolute Gasteiger partial charge is 0.298 e. The van der Waals surface area contributed by atoms with Crippen LogP contribution >= 0.6 is 0 Å². The molecule has 1 fully saturated rings. The number of rotatable bonds is 3. The van der Waals surface area contributed by atoms with Gasteiger partial charge in [0.25, 0.3) is 5.78 Å². The number of nitrogens with zero attached hydrogens (tertiary/aromatic N) is 5. The van der Waals surface area contributed by atoms with E-state index in [1.165, 1.54) is 5.56 Å². The van der Waals surface area contributed by atoms with E-state index in [4.69, 9.17) is 0 Å². The van der Waals surface area contributed by atoms with Crippen molar-refractivity contribution in [3.8, 4) is 0 Å². The SMILES string of the molecule is FC(F)(F)c1cc(C2CCCN(Cc3ccccc3)C2)nc2ncnn12. The monoisotopic (exact) mass is 361 g/mol. The number of hydrogen-bond donors (Lipinski definition) is 0. The summed E-state index contributed by atoms with van der Waals surface area (Å²) in [6.07, 6.45) is -1.65. The largest absolute Gasteiger partial charge is 0.433 e. The number of likely N-dealkylation sites (tertiary alicyclic amines) is 1. The van der Waals surface area contributed by atoms with Crippen LogP contribution in [0.2, 0.25) is 0 Å². The van der Waals surface area contributed by atoms with E-state index in [9.17, 15) is 13.2 Å². The van der Waals surface area contributed by atoms with Gasteiger partial charge in [0.05, 0.1) is 5.69 Å². The minimum atomic E-state index is -4.50. The second-order valence-corrected chi connectivity index (χ2v) is 6.60. The molecule has 2 aromatic heterocycles. The highest BCUT2D eigenvalue weighted by Gasteiger charge is 2.36. The van der Waals surface area contributed by atoms with Gasteiger partial charge in [-0.1, -0.05) is 30.3 Å². The van der Waals surface area contributed by atoms with Crippen molar-refractivity contribution in [3.63, 3.8) is 0 Å². The van der Waals surface area contributed by atoms with Crippen molar-refractivity contribution in [2.45, 2.75) is 31.5 Å². The van der Waals surface area contributed by atoms with E-state index < -0.39 is 11.9 Å². The molecule has 0 spiro atoms. The molecule has 0 amide bonds. The first-order chi connectivity index (χ1) is 12.5. The molecule has 1 aliphatic rings. The highest BCUT2D eigenvalue weighted by atomic mass is 19.4. The van der Waals surface area contributed by atoms with Crippen molar-refractivity contribution >= 4 is 5.78 Å². The molecule has 1 atom stereocenters. The van der Waals surface area contributed by atoms with E-state index in [-0.39, 0.29) is 11.7 Å². The van der Waals surface area contributed by atoms with Gasteiger partial charge >= 0.3 is 6.18 Å². The number of benzene rings is 1. The van der Waals surface area contributed by atoms with Gasteiger partial charge in [-0.05, 0) is 31.0 Å². The molecule has 8 heteroatoms. The molecule has 3 aromatic rings. The predicted molar refractivity (Wildman–Crippen MR) is 89.5 cm³/mol. The lowest BCUT2D eigenvalue weighted by Crippen LogP contribution is -2.34. The molecule has 1 unspecified atom stereocenters. The molecular weight excluding hydrogens is 343 g/mol. The van der Waals surface area contributed by atoms with Crippen LogP contribution in [0.1, 0.15) is 35.7 Å². The molecule has 0 N–H and O–H groups in total. The second-order valence-electron chi connectivity index (χ2n) is 6.60. The van der Waals surface area contributed by atoms with Gasteiger partial charge in [-0.2, -0.15) is 27.8 Å². The molecule has 1 saturated heterocycles. The Balaban J connectivity index is 1.60. The number of halogens is 3. The third-order valence-electron chi connectivity index (χ3n) is 4.73. The Morgan fingerprint density at radius 1 is 1.15 bits per heavy atom. The molecule has 4 rings (SSSR count). The Morgan fingerprint density at radius 3 is 2.73 bits per heavy atom. The Bertz CT molecular complexity index is 891. The van der Waals surface area contributed by atoms with Gasteiger partial charge < -0.3 is 0 Å². The first-order valence-electron chi connectivity index (χ1n) is 8.55. The fraction of sp³-hybridized carbons (Fsp3) is 0.389. The fourth-order valence-corrected chi connectivity index (χ4v) is 3.52. The van der Waals surface area contributed by atoms with Gasteiger partial charge in [0, 0.05) is 19.0 Å². The van der Waals surface area contributed by atoms with Gasteiger partial charge in [0.1, 0.15) is 6.33 Å². The molecule has 0 bridgehead atoms. The lowest BCUT2D eigenvalue weighted by molar-refractivity contribution is -0.142. The van der Waals surface area contributed by atoms with Gasteiger partial charge in [0.15, 0.2) is 5.69 Å². The fourth-order valence-electron chi connectivity index (χ4n) is 3.52. The molecule has 0 radical (unpaired) electrons. The van der Waals surface area contributed by atoms with E-state index in [1.807, 2.05) is 18.2 Å². The number of alkyl halides is 3. The Labute approximate surface area is 148 Å². The number of fused-ring (bicyclic) bond motifs is 1. The van der Waals surface area contributed by atoms with Gasteiger partial charge in [0.2, 0.25) is 0 Å². The number of piperidine rings is 1. The lowest BCUT2D eigenvalue weighted by atomic mass is 9.93. The molecule has 136 valence electrons.